The SMILES string of the molecule is Cn1c(=O)oc2ccc(CCCNC3CC3)cc21. The van der Waals surface area contributed by atoms with E-state index >= 15 is 0 Å². The summed E-state index contributed by atoms with van der Waals surface area (Å²) in [5.74, 6) is -0.294. The van der Waals surface area contributed by atoms with E-state index < -0.39 is 0 Å². The second-order valence-corrected chi connectivity index (χ2v) is 5.06. The molecule has 0 unspecified atom stereocenters. The maximum Gasteiger partial charge on any atom is 0.419 e. The van der Waals surface area contributed by atoms with Crippen LogP contribution in [0.4, 0.5) is 0 Å². The van der Waals surface area contributed by atoms with Crippen LogP contribution in [0.15, 0.2) is 27.4 Å². The number of aryl methyl sites for hydroxylation is 2. The third kappa shape index (κ3) is 2.34. The molecule has 0 saturated heterocycles. The van der Waals surface area contributed by atoms with E-state index in [0.29, 0.717) is 5.58 Å². The Labute approximate surface area is 106 Å². The lowest BCUT2D eigenvalue weighted by atomic mass is 10.1. The van der Waals surface area contributed by atoms with Gasteiger partial charge in [0.15, 0.2) is 5.58 Å². The standard InChI is InChI=1S/C14H18N2O2/c1-16-12-9-10(3-2-8-15-11-5-6-11)4-7-13(12)18-14(16)17/h4,7,9,11,15H,2-3,5-6,8H2,1H3. The summed E-state index contributed by atoms with van der Waals surface area (Å²) in [6, 6.07) is 6.77. The molecule has 18 heavy (non-hydrogen) atoms. The fourth-order valence-electron chi connectivity index (χ4n) is 2.21. The zero-order valence-electron chi connectivity index (χ0n) is 10.6. The van der Waals surface area contributed by atoms with Crippen LogP contribution in [0, 0.1) is 0 Å². The molecule has 0 bridgehead atoms. The van der Waals surface area contributed by atoms with Gasteiger partial charge in [-0.1, -0.05) is 6.07 Å². The number of fused-ring (bicyclic) bond motifs is 1. The Hall–Kier alpha value is -1.55. The molecule has 96 valence electrons. The van der Waals surface area contributed by atoms with Gasteiger partial charge in [0.1, 0.15) is 0 Å². The third-order valence-corrected chi connectivity index (χ3v) is 3.51. The van der Waals surface area contributed by atoms with E-state index in [9.17, 15) is 4.79 Å². The molecule has 2 aromatic rings. The molecule has 1 aromatic carbocycles. The van der Waals surface area contributed by atoms with Crippen molar-refractivity contribution in [2.24, 2.45) is 7.05 Å². The van der Waals surface area contributed by atoms with Gasteiger partial charge in [-0.2, -0.15) is 0 Å². The Kier molecular flexibility index (Phi) is 2.96. The summed E-state index contributed by atoms with van der Waals surface area (Å²) in [6.07, 6.45) is 4.84. The Morgan fingerprint density at radius 1 is 1.44 bits per heavy atom. The van der Waals surface area contributed by atoms with Crippen LogP contribution < -0.4 is 11.1 Å². The van der Waals surface area contributed by atoms with Gasteiger partial charge in [0, 0.05) is 13.1 Å². The fourth-order valence-corrected chi connectivity index (χ4v) is 2.21. The minimum atomic E-state index is -0.294. The number of benzene rings is 1. The molecule has 4 nitrogen and oxygen atoms in total. The summed E-state index contributed by atoms with van der Waals surface area (Å²) in [5.41, 5.74) is 2.81. The normalized spacial score (nSPS) is 15.4. The van der Waals surface area contributed by atoms with E-state index in [2.05, 4.69) is 11.4 Å². The Balaban J connectivity index is 1.67. The molecule has 1 aromatic heterocycles. The molecule has 1 fully saturated rings. The zero-order chi connectivity index (χ0) is 12.5. The van der Waals surface area contributed by atoms with Crippen LogP contribution in [0.1, 0.15) is 24.8 Å². The maximum absolute atomic E-state index is 11.4. The first-order chi connectivity index (χ1) is 8.74. The summed E-state index contributed by atoms with van der Waals surface area (Å²) < 4.78 is 6.67. The van der Waals surface area contributed by atoms with E-state index in [1.54, 1.807) is 11.6 Å². The summed E-state index contributed by atoms with van der Waals surface area (Å²) >= 11 is 0. The van der Waals surface area contributed by atoms with Gasteiger partial charge in [0.05, 0.1) is 5.52 Å². The van der Waals surface area contributed by atoms with Gasteiger partial charge in [-0.25, -0.2) is 4.79 Å². The predicted molar refractivity (Wildman–Crippen MR) is 70.8 cm³/mol. The van der Waals surface area contributed by atoms with Crippen molar-refractivity contribution < 1.29 is 4.42 Å². The molecule has 1 saturated carbocycles. The van der Waals surface area contributed by atoms with E-state index in [-0.39, 0.29) is 5.76 Å². The number of oxazole rings is 1. The van der Waals surface area contributed by atoms with Crippen LogP contribution in [-0.4, -0.2) is 17.2 Å². The second kappa shape index (κ2) is 4.61. The van der Waals surface area contributed by atoms with Crippen molar-refractivity contribution in [3.63, 3.8) is 0 Å². The molecule has 0 spiro atoms. The van der Waals surface area contributed by atoms with Gasteiger partial charge >= 0.3 is 5.76 Å². The number of nitrogens with one attached hydrogen (secondary N) is 1. The fraction of sp³-hybridized carbons (Fsp3) is 0.500. The molecule has 0 radical (unpaired) electrons. The molecule has 1 aliphatic rings. The molecule has 0 aliphatic heterocycles. The predicted octanol–water partition coefficient (Wildman–Crippen LogP) is 1.82. The van der Waals surface area contributed by atoms with Crippen molar-refractivity contribution >= 4 is 11.1 Å². The summed E-state index contributed by atoms with van der Waals surface area (Å²) in [7, 11) is 1.74. The smallest absolute Gasteiger partial charge is 0.408 e. The van der Waals surface area contributed by atoms with Crippen LogP contribution in [0.2, 0.25) is 0 Å². The third-order valence-electron chi connectivity index (χ3n) is 3.51. The zero-order valence-corrected chi connectivity index (χ0v) is 10.6. The van der Waals surface area contributed by atoms with E-state index in [1.807, 2.05) is 12.1 Å². The molecule has 4 heteroatoms. The lowest BCUT2D eigenvalue weighted by molar-refractivity contribution is 0.528. The van der Waals surface area contributed by atoms with Gasteiger partial charge in [-0.15, -0.1) is 0 Å². The second-order valence-electron chi connectivity index (χ2n) is 5.06. The molecule has 1 heterocycles. The van der Waals surface area contributed by atoms with Crippen molar-refractivity contribution in [1.29, 1.82) is 0 Å². The molecule has 1 aliphatic carbocycles. The van der Waals surface area contributed by atoms with Gasteiger partial charge < -0.3 is 9.73 Å². The largest absolute Gasteiger partial charge is 0.419 e. The number of nitrogens with zero attached hydrogens (tertiary/aromatic N) is 1. The number of rotatable bonds is 5. The van der Waals surface area contributed by atoms with Crippen LogP contribution in [0.25, 0.3) is 11.1 Å². The highest BCUT2D eigenvalue weighted by Crippen LogP contribution is 2.19. The quantitative estimate of drug-likeness (QED) is 0.819. The average molecular weight is 246 g/mol. The lowest BCUT2D eigenvalue weighted by Gasteiger charge is -2.03. The van der Waals surface area contributed by atoms with Gasteiger partial charge in [0.25, 0.3) is 0 Å². The molecular formula is C14H18N2O2. The summed E-state index contributed by atoms with van der Waals surface area (Å²) in [5, 5.41) is 3.51. The summed E-state index contributed by atoms with van der Waals surface area (Å²) in [6.45, 7) is 1.08. The minimum Gasteiger partial charge on any atom is -0.408 e. The van der Waals surface area contributed by atoms with E-state index in [1.165, 1.54) is 18.4 Å². The minimum absolute atomic E-state index is 0.294. The lowest BCUT2D eigenvalue weighted by Crippen LogP contribution is -2.17. The van der Waals surface area contributed by atoms with Crippen molar-refractivity contribution in [3.05, 3.63) is 34.3 Å². The Morgan fingerprint density at radius 3 is 3.06 bits per heavy atom. The van der Waals surface area contributed by atoms with Crippen molar-refractivity contribution in [1.82, 2.24) is 9.88 Å². The first-order valence-electron chi connectivity index (χ1n) is 6.56. The van der Waals surface area contributed by atoms with Gasteiger partial charge in [-0.3, -0.25) is 4.57 Å². The van der Waals surface area contributed by atoms with Gasteiger partial charge in [-0.05, 0) is 49.9 Å². The first kappa shape index (κ1) is 11.5. The number of aromatic nitrogens is 1. The maximum atomic E-state index is 11.4. The number of hydrogen-bond acceptors (Lipinski definition) is 3. The topological polar surface area (TPSA) is 47.2 Å². The molecular weight excluding hydrogens is 228 g/mol. The Bertz CT molecular complexity index is 608. The van der Waals surface area contributed by atoms with Crippen LogP contribution in [0.5, 0.6) is 0 Å². The Morgan fingerprint density at radius 2 is 2.28 bits per heavy atom. The first-order valence-corrected chi connectivity index (χ1v) is 6.56. The van der Waals surface area contributed by atoms with Crippen molar-refractivity contribution in [2.45, 2.75) is 31.7 Å². The average Bonchev–Trinajstić information content (AvgIpc) is 3.14. The van der Waals surface area contributed by atoms with Crippen LogP contribution in [-0.2, 0) is 13.5 Å². The highest BCUT2D eigenvalue weighted by atomic mass is 16.4. The molecule has 1 N–H and O–H groups in total. The number of hydrogen-bond donors (Lipinski definition) is 1. The van der Waals surface area contributed by atoms with Crippen molar-refractivity contribution in [3.8, 4) is 0 Å². The summed E-state index contributed by atoms with van der Waals surface area (Å²) in [4.78, 5) is 11.4. The van der Waals surface area contributed by atoms with E-state index in [0.717, 1.165) is 30.9 Å². The van der Waals surface area contributed by atoms with E-state index in [4.69, 9.17) is 4.42 Å². The highest BCUT2D eigenvalue weighted by Gasteiger charge is 2.19. The molecule has 0 atom stereocenters. The van der Waals surface area contributed by atoms with Crippen molar-refractivity contribution in [2.75, 3.05) is 6.54 Å². The van der Waals surface area contributed by atoms with Crippen LogP contribution in [0.3, 0.4) is 0 Å². The van der Waals surface area contributed by atoms with Crippen LogP contribution >= 0.6 is 0 Å². The molecule has 0 amide bonds. The molecule has 3 rings (SSSR count). The van der Waals surface area contributed by atoms with Gasteiger partial charge in [0.2, 0.25) is 0 Å². The highest BCUT2D eigenvalue weighted by molar-refractivity contribution is 5.73. The monoisotopic (exact) mass is 246 g/mol.